The summed E-state index contributed by atoms with van der Waals surface area (Å²) in [5.74, 6) is 2.02. The van der Waals surface area contributed by atoms with Crippen LogP contribution < -0.4 is 0 Å². The number of hydrogen-bond donors (Lipinski definition) is 2. The van der Waals surface area contributed by atoms with Crippen molar-refractivity contribution < 1.29 is 23.4 Å². The molecule has 9 atom stereocenters. The van der Waals surface area contributed by atoms with E-state index < -0.39 is 23.3 Å². The second-order valence-corrected chi connectivity index (χ2v) is 13.9. The highest BCUT2D eigenvalue weighted by Gasteiger charge is 2.62. The summed E-state index contributed by atoms with van der Waals surface area (Å²) in [6.45, 7) is 9.01. The van der Waals surface area contributed by atoms with Crippen molar-refractivity contribution in [2.75, 3.05) is 0 Å². The second-order valence-electron chi connectivity index (χ2n) is 13.9. The minimum absolute atomic E-state index is 0.143. The molecule has 0 aromatic heterocycles. The first-order chi connectivity index (χ1) is 15.7. The molecule has 0 spiro atoms. The highest BCUT2D eigenvalue weighted by Crippen LogP contribution is 2.68. The molecule has 5 aliphatic carbocycles. The standard InChI is InChI=1S/C29H45F3O2/c1-18(11-14-28(34,19-5-6-19)29(30,31)32)22-9-10-23-21-8-7-20-17-25(2,33)15-16-26(20,3)24(21)12-13-27(22,23)4/h7,18-19,21-24,33-34H,5-6,8-17H2,1-4H3/t18-,21+,22-,23+,24+,25+,26+,27-,28+/m1/s1. The van der Waals surface area contributed by atoms with Crippen LogP contribution in [0.2, 0.25) is 0 Å². The third kappa shape index (κ3) is 3.81. The second kappa shape index (κ2) is 7.97. The van der Waals surface area contributed by atoms with E-state index in [0.29, 0.717) is 42.9 Å². The van der Waals surface area contributed by atoms with Gasteiger partial charge in [0.1, 0.15) is 0 Å². The third-order valence-electron chi connectivity index (χ3n) is 11.9. The Morgan fingerprint density at radius 3 is 2.35 bits per heavy atom. The summed E-state index contributed by atoms with van der Waals surface area (Å²) >= 11 is 0. The van der Waals surface area contributed by atoms with Gasteiger partial charge in [0.2, 0.25) is 0 Å². The van der Waals surface area contributed by atoms with Gasteiger partial charge in [0.25, 0.3) is 0 Å². The molecule has 2 N–H and O–H groups in total. The van der Waals surface area contributed by atoms with E-state index in [-0.39, 0.29) is 23.2 Å². The maximum Gasteiger partial charge on any atom is 0.417 e. The van der Waals surface area contributed by atoms with E-state index in [1.54, 1.807) is 0 Å². The van der Waals surface area contributed by atoms with Gasteiger partial charge < -0.3 is 10.2 Å². The fourth-order valence-electron chi connectivity index (χ4n) is 9.57. The average molecular weight is 483 g/mol. The largest absolute Gasteiger partial charge is 0.417 e. The van der Waals surface area contributed by atoms with Gasteiger partial charge in [0.15, 0.2) is 5.60 Å². The van der Waals surface area contributed by atoms with Crippen molar-refractivity contribution in [3.63, 3.8) is 0 Å². The zero-order valence-electron chi connectivity index (χ0n) is 21.6. The smallest absolute Gasteiger partial charge is 0.390 e. The highest BCUT2D eigenvalue weighted by molar-refractivity contribution is 5.26. The Balaban J connectivity index is 1.30. The summed E-state index contributed by atoms with van der Waals surface area (Å²) in [6.07, 6.45) is 7.75. The van der Waals surface area contributed by atoms with Gasteiger partial charge in [-0.05, 0) is 130 Å². The normalized spacial score (nSPS) is 47.1. The van der Waals surface area contributed by atoms with Crippen molar-refractivity contribution >= 4 is 0 Å². The van der Waals surface area contributed by atoms with E-state index in [0.717, 1.165) is 32.1 Å². The van der Waals surface area contributed by atoms with Gasteiger partial charge in [0, 0.05) is 0 Å². The van der Waals surface area contributed by atoms with Gasteiger partial charge in [0.05, 0.1) is 5.60 Å². The number of rotatable bonds is 5. The number of aliphatic hydroxyl groups is 2. The number of halogens is 3. The fraction of sp³-hybridized carbons (Fsp3) is 0.931. The highest BCUT2D eigenvalue weighted by atomic mass is 19.4. The predicted octanol–water partition coefficient (Wildman–Crippen LogP) is 7.44. The summed E-state index contributed by atoms with van der Waals surface area (Å²) in [6, 6.07) is 0. The van der Waals surface area contributed by atoms with Crippen LogP contribution in [-0.4, -0.2) is 27.6 Å². The Morgan fingerprint density at radius 2 is 1.71 bits per heavy atom. The van der Waals surface area contributed by atoms with Gasteiger partial charge in [-0.25, -0.2) is 0 Å². The number of hydrogen-bond acceptors (Lipinski definition) is 2. The van der Waals surface area contributed by atoms with E-state index in [4.69, 9.17) is 0 Å². The Hall–Kier alpha value is -0.550. The van der Waals surface area contributed by atoms with Gasteiger partial charge in [-0.2, -0.15) is 13.2 Å². The van der Waals surface area contributed by atoms with Crippen molar-refractivity contribution in [2.24, 2.45) is 46.3 Å². The third-order valence-corrected chi connectivity index (χ3v) is 11.9. The van der Waals surface area contributed by atoms with Gasteiger partial charge in [-0.15, -0.1) is 0 Å². The van der Waals surface area contributed by atoms with Crippen molar-refractivity contribution in [3.8, 4) is 0 Å². The molecule has 0 bridgehead atoms. The molecule has 4 saturated carbocycles. The number of allylic oxidation sites excluding steroid dienone is 1. The Labute approximate surface area is 203 Å². The first-order valence-corrected chi connectivity index (χ1v) is 13.9. The Bertz CT molecular complexity index is 830. The van der Waals surface area contributed by atoms with Crippen molar-refractivity contribution in [1.82, 2.24) is 0 Å². The molecular weight excluding hydrogens is 437 g/mol. The lowest BCUT2D eigenvalue weighted by molar-refractivity contribution is -0.272. The molecule has 0 aromatic rings. The SMILES string of the molecule is C[C@H](CC[C@](O)(C1CC1)C(F)(F)F)[C@H]1CC[C@H]2[C@@H]3CC=C4C[C@@](C)(O)CC[C@]4(C)[C@H]3CC[C@]12C. The van der Waals surface area contributed by atoms with Crippen molar-refractivity contribution in [2.45, 2.75) is 122 Å². The summed E-state index contributed by atoms with van der Waals surface area (Å²) in [4.78, 5) is 0. The molecule has 0 unspecified atom stereocenters. The molecule has 34 heavy (non-hydrogen) atoms. The fourth-order valence-corrected chi connectivity index (χ4v) is 9.57. The molecule has 2 nitrogen and oxygen atoms in total. The minimum atomic E-state index is -4.53. The summed E-state index contributed by atoms with van der Waals surface area (Å²) in [7, 11) is 0. The van der Waals surface area contributed by atoms with E-state index in [1.807, 2.05) is 6.92 Å². The quantitative estimate of drug-likeness (QED) is 0.400. The van der Waals surface area contributed by atoms with Crippen LogP contribution in [0.1, 0.15) is 105 Å². The summed E-state index contributed by atoms with van der Waals surface area (Å²) in [5.41, 5.74) is -1.20. The maximum atomic E-state index is 13.7. The van der Waals surface area contributed by atoms with Crippen LogP contribution in [0.25, 0.3) is 0 Å². The molecule has 5 heteroatoms. The Kier molecular flexibility index (Phi) is 5.89. The molecule has 5 rings (SSSR count). The van der Waals surface area contributed by atoms with E-state index in [2.05, 4.69) is 26.8 Å². The Morgan fingerprint density at radius 1 is 1.00 bits per heavy atom. The molecule has 4 fully saturated rings. The van der Waals surface area contributed by atoms with E-state index in [1.165, 1.54) is 24.8 Å². The topological polar surface area (TPSA) is 40.5 Å². The van der Waals surface area contributed by atoms with Gasteiger partial charge in [-0.3, -0.25) is 0 Å². The van der Waals surface area contributed by atoms with Crippen LogP contribution in [0.4, 0.5) is 13.2 Å². The molecule has 0 aliphatic heterocycles. The lowest BCUT2D eigenvalue weighted by atomic mass is 9.46. The van der Waals surface area contributed by atoms with Crippen LogP contribution >= 0.6 is 0 Å². The van der Waals surface area contributed by atoms with Gasteiger partial charge in [-0.1, -0.05) is 32.4 Å². The molecule has 0 radical (unpaired) electrons. The minimum Gasteiger partial charge on any atom is -0.390 e. The van der Waals surface area contributed by atoms with Crippen molar-refractivity contribution in [1.29, 1.82) is 0 Å². The van der Waals surface area contributed by atoms with Crippen LogP contribution in [0.5, 0.6) is 0 Å². The van der Waals surface area contributed by atoms with E-state index >= 15 is 0 Å². The molecule has 5 aliphatic rings. The molecule has 194 valence electrons. The zero-order chi connectivity index (χ0) is 24.7. The predicted molar refractivity (Wildman–Crippen MR) is 128 cm³/mol. The van der Waals surface area contributed by atoms with Gasteiger partial charge >= 0.3 is 6.18 Å². The van der Waals surface area contributed by atoms with Crippen molar-refractivity contribution in [3.05, 3.63) is 11.6 Å². The first-order valence-electron chi connectivity index (χ1n) is 13.9. The summed E-state index contributed by atoms with van der Waals surface area (Å²) in [5, 5.41) is 21.2. The molecule has 0 heterocycles. The van der Waals surface area contributed by atoms with Crippen LogP contribution in [0.15, 0.2) is 11.6 Å². The first kappa shape index (κ1) is 25.1. The maximum absolute atomic E-state index is 13.7. The molecule has 0 saturated heterocycles. The van der Waals surface area contributed by atoms with Crippen LogP contribution in [0, 0.1) is 46.3 Å². The lowest BCUT2D eigenvalue weighted by Gasteiger charge is -2.59. The molecular formula is C29H45F3O2. The molecule has 0 amide bonds. The number of alkyl halides is 3. The summed E-state index contributed by atoms with van der Waals surface area (Å²) < 4.78 is 41.1. The zero-order valence-corrected chi connectivity index (χ0v) is 21.6. The lowest BCUT2D eigenvalue weighted by Crippen LogP contribution is -2.52. The molecule has 0 aromatic carbocycles. The van der Waals surface area contributed by atoms with E-state index in [9.17, 15) is 23.4 Å². The average Bonchev–Trinajstić information content (AvgIpc) is 3.53. The monoisotopic (exact) mass is 482 g/mol. The van der Waals surface area contributed by atoms with Crippen LogP contribution in [0.3, 0.4) is 0 Å². The van der Waals surface area contributed by atoms with Crippen LogP contribution in [-0.2, 0) is 0 Å². The number of fused-ring (bicyclic) bond motifs is 5.